The van der Waals surface area contributed by atoms with Crippen molar-refractivity contribution in [3.05, 3.63) is 64.5 Å². The summed E-state index contributed by atoms with van der Waals surface area (Å²) in [5.41, 5.74) is 7.55. The van der Waals surface area contributed by atoms with Crippen LogP contribution in [0, 0.1) is 20.8 Å². The third-order valence-corrected chi connectivity index (χ3v) is 3.86. The highest BCUT2D eigenvalue weighted by atomic mass is 14.9. The molecule has 102 valence electrons. The van der Waals surface area contributed by atoms with Crippen LogP contribution < -0.4 is 0 Å². The molecule has 0 fully saturated rings. The largest absolute Gasteiger partial charge is 0.342 e. The van der Waals surface area contributed by atoms with E-state index in [0.717, 1.165) is 29.7 Å². The monoisotopic (exact) mass is 264 g/mol. The van der Waals surface area contributed by atoms with Gasteiger partial charge >= 0.3 is 0 Å². The summed E-state index contributed by atoms with van der Waals surface area (Å²) in [6.07, 6.45) is 1.99. The highest BCUT2D eigenvalue weighted by molar-refractivity contribution is 5.79. The van der Waals surface area contributed by atoms with Gasteiger partial charge in [0.2, 0.25) is 0 Å². The predicted octanol–water partition coefficient (Wildman–Crippen LogP) is 4.27. The molecular formula is C18H20N2. The lowest BCUT2D eigenvalue weighted by Crippen LogP contribution is -1.95. The number of hydrogen-bond donors (Lipinski definition) is 1. The Bertz CT molecular complexity index is 753. The van der Waals surface area contributed by atoms with Gasteiger partial charge in [-0.15, -0.1) is 0 Å². The number of H-pyrrole nitrogens is 1. The summed E-state index contributed by atoms with van der Waals surface area (Å²) in [7, 11) is 0. The molecule has 3 aromatic rings. The second-order valence-corrected chi connectivity index (χ2v) is 5.59. The van der Waals surface area contributed by atoms with Crippen LogP contribution in [-0.4, -0.2) is 9.97 Å². The first-order chi connectivity index (χ1) is 9.63. The molecule has 0 bridgehead atoms. The van der Waals surface area contributed by atoms with Crippen molar-refractivity contribution in [3.63, 3.8) is 0 Å². The molecule has 20 heavy (non-hydrogen) atoms. The van der Waals surface area contributed by atoms with E-state index in [1.54, 1.807) is 0 Å². The van der Waals surface area contributed by atoms with Crippen LogP contribution in [0.1, 0.15) is 28.1 Å². The maximum Gasteiger partial charge on any atom is 0.107 e. The first-order valence-corrected chi connectivity index (χ1v) is 7.14. The van der Waals surface area contributed by atoms with Gasteiger partial charge in [0.05, 0.1) is 11.0 Å². The van der Waals surface area contributed by atoms with E-state index in [-0.39, 0.29) is 0 Å². The molecule has 0 saturated heterocycles. The molecule has 1 heterocycles. The van der Waals surface area contributed by atoms with E-state index in [2.05, 4.69) is 62.2 Å². The second kappa shape index (κ2) is 5.12. The van der Waals surface area contributed by atoms with Crippen molar-refractivity contribution >= 4 is 11.0 Å². The highest BCUT2D eigenvalue weighted by Gasteiger charge is 2.07. The van der Waals surface area contributed by atoms with Crippen LogP contribution in [0.25, 0.3) is 11.0 Å². The van der Waals surface area contributed by atoms with Crippen molar-refractivity contribution in [2.45, 2.75) is 33.6 Å². The van der Waals surface area contributed by atoms with Gasteiger partial charge in [0.25, 0.3) is 0 Å². The number of hydrogen-bond acceptors (Lipinski definition) is 1. The van der Waals surface area contributed by atoms with Gasteiger partial charge in [0.1, 0.15) is 5.82 Å². The Kier molecular flexibility index (Phi) is 3.31. The highest BCUT2D eigenvalue weighted by Crippen LogP contribution is 2.19. The third kappa shape index (κ3) is 2.46. The van der Waals surface area contributed by atoms with E-state index < -0.39 is 0 Å². The van der Waals surface area contributed by atoms with E-state index in [1.165, 1.54) is 22.3 Å². The summed E-state index contributed by atoms with van der Waals surface area (Å²) in [5, 5.41) is 0. The number of imidazole rings is 1. The number of rotatable bonds is 3. The molecule has 0 aliphatic carbocycles. The average Bonchev–Trinajstić information content (AvgIpc) is 2.81. The van der Waals surface area contributed by atoms with Crippen LogP contribution >= 0.6 is 0 Å². The number of aryl methyl sites for hydroxylation is 5. The Morgan fingerprint density at radius 1 is 0.950 bits per heavy atom. The Hall–Kier alpha value is -2.09. The summed E-state index contributed by atoms with van der Waals surface area (Å²) in [4.78, 5) is 8.20. The van der Waals surface area contributed by atoms with Gasteiger partial charge in [-0.25, -0.2) is 4.98 Å². The Morgan fingerprint density at radius 2 is 1.75 bits per heavy atom. The zero-order chi connectivity index (χ0) is 14.1. The normalized spacial score (nSPS) is 11.2. The molecule has 0 spiro atoms. The smallest absolute Gasteiger partial charge is 0.107 e. The first kappa shape index (κ1) is 12.9. The predicted molar refractivity (Wildman–Crippen MR) is 84.2 cm³/mol. The topological polar surface area (TPSA) is 28.7 Å². The maximum atomic E-state index is 4.74. The second-order valence-electron chi connectivity index (χ2n) is 5.59. The molecule has 0 aliphatic heterocycles. The van der Waals surface area contributed by atoms with Gasteiger partial charge in [0.15, 0.2) is 0 Å². The summed E-state index contributed by atoms with van der Waals surface area (Å²) in [6, 6.07) is 12.9. The van der Waals surface area contributed by atoms with E-state index in [0.29, 0.717) is 0 Å². The zero-order valence-corrected chi connectivity index (χ0v) is 12.3. The van der Waals surface area contributed by atoms with E-state index in [4.69, 9.17) is 4.98 Å². The molecule has 0 aliphatic rings. The van der Waals surface area contributed by atoms with Crippen LogP contribution in [0.2, 0.25) is 0 Å². The lowest BCUT2D eigenvalue weighted by Gasteiger charge is -2.03. The molecule has 0 atom stereocenters. The number of nitrogens with one attached hydrogen (secondary N) is 1. The number of aromatic amines is 1. The van der Waals surface area contributed by atoms with Crippen LogP contribution in [0.5, 0.6) is 0 Å². The molecular weight excluding hydrogens is 244 g/mol. The molecule has 0 saturated carbocycles. The average molecular weight is 264 g/mol. The first-order valence-electron chi connectivity index (χ1n) is 7.14. The van der Waals surface area contributed by atoms with Crippen molar-refractivity contribution in [1.29, 1.82) is 0 Å². The van der Waals surface area contributed by atoms with Crippen molar-refractivity contribution in [3.8, 4) is 0 Å². The molecule has 0 unspecified atom stereocenters. The maximum absolute atomic E-state index is 4.74. The van der Waals surface area contributed by atoms with E-state index in [1.807, 2.05) is 0 Å². The van der Waals surface area contributed by atoms with E-state index in [9.17, 15) is 0 Å². The molecule has 0 amide bonds. The fourth-order valence-electron chi connectivity index (χ4n) is 2.78. The minimum Gasteiger partial charge on any atom is -0.342 e. The van der Waals surface area contributed by atoms with Crippen molar-refractivity contribution in [2.75, 3.05) is 0 Å². The lowest BCUT2D eigenvalue weighted by molar-refractivity contribution is 0.883. The number of fused-ring (bicyclic) bond motifs is 1. The number of benzene rings is 2. The van der Waals surface area contributed by atoms with Crippen LogP contribution in [0.3, 0.4) is 0 Å². The zero-order valence-electron chi connectivity index (χ0n) is 12.3. The SMILES string of the molecule is Cc1cc(C)c2nc(CCc3ccccc3C)[nH]c2c1. The Balaban J connectivity index is 1.85. The summed E-state index contributed by atoms with van der Waals surface area (Å²) in [5.74, 6) is 1.08. The Morgan fingerprint density at radius 3 is 2.55 bits per heavy atom. The fourth-order valence-corrected chi connectivity index (χ4v) is 2.78. The number of aromatic nitrogens is 2. The minimum absolute atomic E-state index is 0.956. The molecule has 1 aromatic heterocycles. The molecule has 2 aromatic carbocycles. The third-order valence-electron chi connectivity index (χ3n) is 3.86. The number of nitrogens with zero attached hydrogens (tertiary/aromatic N) is 1. The van der Waals surface area contributed by atoms with Gasteiger partial charge in [-0.05, 0) is 55.5 Å². The molecule has 2 nitrogen and oxygen atoms in total. The van der Waals surface area contributed by atoms with Gasteiger partial charge in [-0.1, -0.05) is 30.3 Å². The summed E-state index contributed by atoms with van der Waals surface area (Å²) in [6.45, 7) is 6.42. The standard InChI is InChI=1S/C18H20N2/c1-12-10-14(3)18-16(11-12)19-17(20-18)9-8-15-7-5-4-6-13(15)2/h4-7,10-11H,8-9H2,1-3H3,(H,19,20). The van der Waals surface area contributed by atoms with Gasteiger partial charge < -0.3 is 4.98 Å². The Labute approximate surface area is 119 Å². The lowest BCUT2D eigenvalue weighted by atomic mass is 10.0. The molecule has 1 N–H and O–H groups in total. The van der Waals surface area contributed by atoms with Crippen molar-refractivity contribution < 1.29 is 0 Å². The summed E-state index contributed by atoms with van der Waals surface area (Å²) < 4.78 is 0. The van der Waals surface area contributed by atoms with Crippen LogP contribution in [0.4, 0.5) is 0 Å². The molecule has 0 radical (unpaired) electrons. The molecule has 2 heteroatoms. The van der Waals surface area contributed by atoms with Gasteiger partial charge in [-0.3, -0.25) is 0 Å². The van der Waals surface area contributed by atoms with E-state index >= 15 is 0 Å². The summed E-state index contributed by atoms with van der Waals surface area (Å²) >= 11 is 0. The van der Waals surface area contributed by atoms with Crippen LogP contribution in [0.15, 0.2) is 36.4 Å². The van der Waals surface area contributed by atoms with Crippen molar-refractivity contribution in [2.24, 2.45) is 0 Å². The van der Waals surface area contributed by atoms with Gasteiger partial charge in [-0.2, -0.15) is 0 Å². The minimum atomic E-state index is 0.956. The fraction of sp³-hybridized carbons (Fsp3) is 0.278. The van der Waals surface area contributed by atoms with Gasteiger partial charge in [0, 0.05) is 6.42 Å². The van der Waals surface area contributed by atoms with Crippen molar-refractivity contribution in [1.82, 2.24) is 9.97 Å². The quantitative estimate of drug-likeness (QED) is 0.751. The van der Waals surface area contributed by atoms with Crippen LogP contribution in [-0.2, 0) is 12.8 Å². The molecule has 3 rings (SSSR count).